The van der Waals surface area contributed by atoms with Crippen LogP contribution in [0, 0.1) is 12.3 Å². The molecule has 4 aromatic rings. The Balaban J connectivity index is 1.63. The first kappa shape index (κ1) is 19.3. The Morgan fingerprint density at radius 3 is 2.37 bits per heavy atom. The number of pyridine rings is 1. The predicted octanol–water partition coefficient (Wildman–Crippen LogP) is 7.48. The van der Waals surface area contributed by atoms with E-state index in [1.165, 1.54) is 69.6 Å². The summed E-state index contributed by atoms with van der Waals surface area (Å²) < 4.78 is 2.29. The second-order valence-electron chi connectivity index (χ2n) is 10.1. The van der Waals surface area contributed by atoms with E-state index in [1.54, 1.807) is 0 Å². The van der Waals surface area contributed by atoms with Gasteiger partial charge in [-0.2, -0.15) is 0 Å². The Morgan fingerprint density at radius 1 is 0.833 bits per heavy atom. The second-order valence-corrected chi connectivity index (χ2v) is 10.1. The molecule has 0 amide bonds. The maximum atomic E-state index is 2.46. The van der Waals surface area contributed by atoms with E-state index in [4.69, 9.17) is 0 Å². The number of fused-ring (bicyclic) bond motifs is 3. The van der Waals surface area contributed by atoms with Crippen LogP contribution in [0.1, 0.15) is 56.6 Å². The molecule has 1 fully saturated rings. The van der Waals surface area contributed by atoms with Crippen LogP contribution in [0.2, 0.25) is 0 Å². The van der Waals surface area contributed by atoms with Crippen molar-refractivity contribution < 1.29 is 4.57 Å². The minimum absolute atomic E-state index is 0.509. The Kier molecular flexibility index (Phi) is 4.65. The molecule has 5 rings (SSSR count). The molecule has 1 heteroatoms. The molecule has 1 aliphatic rings. The molecular weight excluding hydrogens is 362 g/mol. The van der Waals surface area contributed by atoms with Gasteiger partial charge in [-0.15, -0.1) is 0 Å². The molecule has 30 heavy (non-hydrogen) atoms. The molecule has 1 aliphatic carbocycles. The van der Waals surface area contributed by atoms with Gasteiger partial charge in [-0.3, -0.25) is 0 Å². The van der Waals surface area contributed by atoms with Gasteiger partial charge in [-0.05, 0) is 82.7 Å². The minimum Gasteiger partial charge on any atom is -0.201 e. The predicted molar refractivity (Wildman–Crippen MR) is 128 cm³/mol. The van der Waals surface area contributed by atoms with Gasteiger partial charge in [0.2, 0.25) is 5.69 Å². The summed E-state index contributed by atoms with van der Waals surface area (Å²) >= 11 is 0. The second kappa shape index (κ2) is 7.23. The van der Waals surface area contributed by atoms with Crippen LogP contribution in [-0.2, 0) is 7.05 Å². The largest absolute Gasteiger partial charge is 0.212 e. The topological polar surface area (TPSA) is 3.88 Å². The molecule has 0 spiro atoms. The van der Waals surface area contributed by atoms with Crippen molar-refractivity contribution in [3.63, 3.8) is 0 Å². The lowest BCUT2D eigenvalue weighted by molar-refractivity contribution is -0.660. The molecule has 0 bridgehead atoms. The van der Waals surface area contributed by atoms with Gasteiger partial charge >= 0.3 is 0 Å². The highest BCUT2D eigenvalue weighted by Gasteiger charge is 2.28. The van der Waals surface area contributed by atoms with Crippen molar-refractivity contribution in [3.05, 3.63) is 78.0 Å². The summed E-state index contributed by atoms with van der Waals surface area (Å²) in [5.41, 5.74) is 6.03. The molecule has 1 aromatic heterocycles. The van der Waals surface area contributed by atoms with Gasteiger partial charge in [0.25, 0.3) is 0 Å². The van der Waals surface area contributed by atoms with E-state index in [-0.39, 0.29) is 0 Å². The first-order valence-corrected chi connectivity index (χ1v) is 11.3. The number of hydrogen-bond donors (Lipinski definition) is 0. The minimum atomic E-state index is 0.509. The lowest BCUT2D eigenvalue weighted by Crippen LogP contribution is -2.31. The number of rotatable bonds is 2. The van der Waals surface area contributed by atoms with Crippen molar-refractivity contribution in [1.29, 1.82) is 0 Å². The van der Waals surface area contributed by atoms with Crippen LogP contribution in [0.3, 0.4) is 0 Å². The number of aryl methyl sites for hydroxylation is 2. The molecule has 3 aromatic carbocycles. The average molecular weight is 395 g/mol. The normalized spacial score (nSPS) is 16.9. The van der Waals surface area contributed by atoms with Gasteiger partial charge in [0.05, 0.1) is 0 Å². The van der Waals surface area contributed by atoms with Crippen LogP contribution in [0.4, 0.5) is 0 Å². The van der Waals surface area contributed by atoms with Gasteiger partial charge in [0, 0.05) is 17.7 Å². The van der Waals surface area contributed by atoms with E-state index in [0.29, 0.717) is 11.3 Å². The maximum Gasteiger partial charge on any atom is 0.212 e. The summed E-state index contributed by atoms with van der Waals surface area (Å²) in [6, 6.07) is 22.8. The van der Waals surface area contributed by atoms with E-state index in [1.807, 2.05) is 0 Å². The Morgan fingerprint density at radius 2 is 1.57 bits per heavy atom. The highest BCUT2D eigenvalue weighted by atomic mass is 14.9. The van der Waals surface area contributed by atoms with Crippen LogP contribution in [0.5, 0.6) is 0 Å². The van der Waals surface area contributed by atoms with Crippen LogP contribution < -0.4 is 4.57 Å². The number of hydrogen-bond acceptors (Lipinski definition) is 0. The highest BCUT2D eigenvalue weighted by Crippen LogP contribution is 2.43. The van der Waals surface area contributed by atoms with Crippen molar-refractivity contribution in [2.75, 3.05) is 0 Å². The van der Waals surface area contributed by atoms with E-state index >= 15 is 0 Å². The third-order valence-electron chi connectivity index (χ3n) is 7.35. The fraction of sp³-hybridized carbons (Fsp3) is 0.345. The van der Waals surface area contributed by atoms with Crippen LogP contribution >= 0.6 is 0 Å². The van der Waals surface area contributed by atoms with Gasteiger partial charge in [-0.25, -0.2) is 4.57 Å². The number of nitrogens with zero attached hydrogens (tertiary/aromatic N) is 1. The van der Waals surface area contributed by atoms with Crippen LogP contribution in [0.15, 0.2) is 66.9 Å². The third-order valence-corrected chi connectivity index (χ3v) is 7.35. The zero-order valence-electron chi connectivity index (χ0n) is 18.7. The first-order valence-electron chi connectivity index (χ1n) is 11.3. The lowest BCUT2D eigenvalue weighted by Gasteiger charge is -2.34. The number of benzene rings is 3. The molecule has 0 saturated heterocycles. The third kappa shape index (κ3) is 3.41. The zero-order chi connectivity index (χ0) is 20.9. The Labute approximate surface area is 180 Å². The van der Waals surface area contributed by atoms with Crippen LogP contribution in [-0.4, -0.2) is 0 Å². The molecular formula is C29H32N+. The molecule has 1 nitrogen and oxygen atoms in total. The molecule has 0 aliphatic heterocycles. The summed E-state index contributed by atoms with van der Waals surface area (Å²) in [7, 11) is 2.18. The van der Waals surface area contributed by atoms with E-state index in [0.717, 1.165) is 0 Å². The fourth-order valence-electron chi connectivity index (χ4n) is 5.28. The first-order chi connectivity index (χ1) is 14.4. The summed E-state index contributed by atoms with van der Waals surface area (Å²) in [4.78, 5) is 0. The molecule has 152 valence electrons. The standard InChI is InChI=1S/C29H32N/c1-20-17-24-10-9-22-7-5-6-8-25(22)27(24)19-26(20)28-18-23(13-16-30(28)4)21-11-14-29(2,3)15-12-21/h5-10,13,16-19,21H,11-12,14-15H2,1-4H3/q+1. The molecule has 1 saturated carbocycles. The number of aromatic nitrogens is 1. The van der Waals surface area contributed by atoms with Crippen molar-refractivity contribution in [2.24, 2.45) is 12.5 Å². The summed E-state index contributed by atoms with van der Waals surface area (Å²) in [6.07, 6.45) is 7.53. The van der Waals surface area contributed by atoms with E-state index in [9.17, 15) is 0 Å². The molecule has 0 radical (unpaired) electrons. The smallest absolute Gasteiger partial charge is 0.201 e. The molecule has 0 unspecified atom stereocenters. The summed E-state index contributed by atoms with van der Waals surface area (Å²) in [6.45, 7) is 7.09. The maximum absolute atomic E-state index is 2.46. The van der Waals surface area contributed by atoms with Crippen molar-refractivity contribution in [2.45, 2.75) is 52.4 Å². The Bertz CT molecular complexity index is 1240. The fourth-order valence-corrected chi connectivity index (χ4v) is 5.28. The molecule has 0 N–H and O–H groups in total. The van der Waals surface area contributed by atoms with Crippen molar-refractivity contribution >= 4 is 21.5 Å². The SMILES string of the molecule is Cc1cc2ccc3ccccc3c2cc1-c1cc(C2CCC(C)(C)CC2)cc[n+]1C. The summed E-state index contributed by atoms with van der Waals surface area (Å²) in [5.74, 6) is 0.694. The van der Waals surface area contributed by atoms with E-state index in [2.05, 4.69) is 99.2 Å². The van der Waals surface area contributed by atoms with Crippen LogP contribution in [0.25, 0.3) is 32.8 Å². The molecule has 1 heterocycles. The zero-order valence-corrected chi connectivity index (χ0v) is 18.7. The van der Waals surface area contributed by atoms with Gasteiger partial charge < -0.3 is 0 Å². The van der Waals surface area contributed by atoms with Crippen molar-refractivity contribution in [3.8, 4) is 11.3 Å². The molecule has 0 atom stereocenters. The van der Waals surface area contributed by atoms with Gasteiger partial charge in [0.15, 0.2) is 6.20 Å². The monoisotopic (exact) mass is 394 g/mol. The quantitative estimate of drug-likeness (QED) is 0.245. The lowest BCUT2D eigenvalue weighted by atomic mass is 9.71. The van der Waals surface area contributed by atoms with Gasteiger partial charge in [-0.1, -0.05) is 56.3 Å². The average Bonchev–Trinajstić information content (AvgIpc) is 2.74. The van der Waals surface area contributed by atoms with Crippen molar-refractivity contribution in [1.82, 2.24) is 0 Å². The van der Waals surface area contributed by atoms with Gasteiger partial charge in [0.1, 0.15) is 7.05 Å². The Hall–Kier alpha value is -2.67. The van der Waals surface area contributed by atoms with E-state index < -0.39 is 0 Å². The summed E-state index contributed by atoms with van der Waals surface area (Å²) in [5, 5.41) is 5.31. The highest BCUT2D eigenvalue weighted by molar-refractivity contribution is 6.08.